The number of aromatic nitrogens is 2. The van der Waals surface area contributed by atoms with Crippen LogP contribution >= 0.6 is 0 Å². The van der Waals surface area contributed by atoms with Crippen LogP contribution in [-0.2, 0) is 7.05 Å². The fraction of sp³-hybridized carbons (Fsp3) is 0.0833. The number of nitrogens with one attached hydrogen (secondary N) is 1. The first-order valence-electron chi connectivity index (χ1n) is 5.32. The van der Waals surface area contributed by atoms with Crippen LogP contribution in [0.4, 0.5) is 15.8 Å². The summed E-state index contributed by atoms with van der Waals surface area (Å²) in [6, 6.07) is 5.66. The van der Waals surface area contributed by atoms with Crippen LogP contribution in [0.15, 0.2) is 24.4 Å². The number of nitrogen functional groups attached to an aromatic ring is 1. The van der Waals surface area contributed by atoms with E-state index in [-0.39, 0.29) is 22.6 Å². The van der Waals surface area contributed by atoms with E-state index in [2.05, 4.69) is 10.4 Å². The van der Waals surface area contributed by atoms with Gasteiger partial charge in [0, 0.05) is 13.2 Å². The average Bonchev–Trinajstić information content (AvgIpc) is 2.69. The third-order valence-corrected chi connectivity index (χ3v) is 2.45. The third-order valence-electron chi connectivity index (χ3n) is 2.45. The second-order valence-corrected chi connectivity index (χ2v) is 3.84. The average molecular weight is 259 g/mol. The van der Waals surface area contributed by atoms with Crippen molar-refractivity contribution in [1.29, 1.82) is 5.26 Å². The Morgan fingerprint density at radius 1 is 1.58 bits per heavy atom. The number of carbonyl (C=O) groups is 1. The molecular formula is C12H10FN5O. The number of nitrogens with two attached hydrogens (primary N) is 1. The van der Waals surface area contributed by atoms with Crippen molar-refractivity contribution in [1.82, 2.24) is 9.78 Å². The topological polar surface area (TPSA) is 96.7 Å². The summed E-state index contributed by atoms with van der Waals surface area (Å²) in [5.74, 6) is -1.30. The van der Waals surface area contributed by atoms with Gasteiger partial charge in [-0.2, -0.15) is 10.4 Å². The Labute approximate surface area is 108 Å². The number of hydrogen-bond donors (Lipinski definition) is 2. The molecule has 0 aliphatic carbocycles. The molecule has 1 aromatic heterocycles. The number of aryl methyl sites for hydroxylation is 1. The molecule has 0 atom stereocenters. The summed E-state index contributed by atoms with van der Waals surface area (Å²) in [6.07, 6.45) is 1.48. The van der Waals surface area contributed by atoms with Crippen LogP contribution in [0.5, 0.6) is 0 Å². The van der Waals surface area contributed by atoms with Gasteiger partial charge in [-0.05, 0) is 12.1 Å². The molecule has 19 heavy (non-hydrogen) atoms. The molecule has 0 spiro atoms. The number of nitrogens with zero attached hydrogens (tertiary/aromatic N) is 3. The van der Waals surface area contributed by atoms with Gasteiger partial charge in [0.15, 0.2) is 5.69 Å². The van der Waals surface area contributed by atoms with Crippen LogP contribution in [0.1, 0.15) is 16.1 Å². The Morgan fingerprint density at radius 3 is 2.89 bits per heavy atom. The maximum absolute atomic E-state index is 13.4. The fourth-order valence-corrected chi connectivity index (χ4v) is 1.61. The highest BCUT2D eigenvalue weighted by molar-refractivity contribution is 6.06. The first-order chi connectivity index (χ1) is 9.02. The molecule has 0 unspecified atom stereocenters. The lowest BCUT2D eigenvalue weighted by molar-refractivity contribution is 0.102. The molecule has 0 saturated heterocycles. The zero-order valence-electron chi connectivity index (χ0n) is 10.0. The van der Waals surface area contributed by atoms with Gasteiger partial charge < -0.3 is 11.1 Å². The lowest BCUT2D eigenvalue weighted by Gasteiger charge is -2.06. The van der Waals surface area contributed by atoms with E-state index in [1.807, 2.05) is 0 Å². The first-order valence-corrected chi connectivity index (χ1v) is 5.32. The Balaban J connectivity index is 2.32. The lowest BCUT2D eigenvalue weighted by Crippen LogP contribution is -2.15. The van der Waals surface area contributed by atoms with E-state index < -0.39 is 11.7 Å². The number of halogens is 1. The SMILES string of the molecule is Cn1cc(N)c(C(=O)Nc2cccc(F)c2C#N)n1. The summed E-state index contributed by atoms with van der Waals surface area (Å²) < 4.78 is 14.8. The molecule has 0 radical (unpaired) electrons. The molecule has 0 bridgehead atoms. The van der Waals surface area contributed by atoms with E-state index in [4.69, 9.17) is 11.0 Å². The zero-order chi connectivity index (χ0) is 14.0. The molecule has 2 rings (SSSR count). The van der Waals surface area contributed by atoms with Crippen molar-refractivity contribution < 1.29 is 9.18 Å². The number of rotatable bonds is 2. The summed E-state index contributed by atoms with van der Waals surface area (Å²) in [5.41, 5.74) is 5.69. The molecule has 6 nitrogen and oxygen atoms in total. The van der Waals surface area contributed by atoms with Gasteiger partial charge in [-0.1, -0.05) is 6.07 Å². The number of amides is 1. The first kappa shape index (κ1) is 12.6. The van der Waals surface area contributed by atoms with Crippen LogP contribution in [0.3, 0.4) is 0 Å². The summed E-state index contributed by atoms with van der Waals surface area (Å²) in [5, 5.41) is 15.2. The molecular weight excluding hydrogens is 249 g/mol. The number of benzene rings is 1. The van der Waals surface area contributed by atoms with E-state index in [0.717, 1.165) is 6.07 Å². The van der Waals surface area contributed by atoms with Gasteiger partial charge in [-0.25, -0.2) is 4.39 Å². The number of carbonyl (C=O) groups excluding carboxylic acids is 1. The van der Waals surface area contributed by atoms with Crippen molar-refractivity contribution in [2.24, 2.45) is 7.05 Å². The fourth-order valence-electron chi connectivity index (χ4n) is 1.61. The van der Waals surface area contributed by atoms with Crippen molar-refractivity contribution in [2.45, 2.75) is 0 Å². The van der Waals surface area contributed by atoms with E-state index in [1.165, 1.54) is 23.0 Å². The van der Waals surface area contributed by atoms with Gasteiger partial charge in [-0.15, -0.1) is 0 Å². The Kier molecular flexibility index (Phi) is 3.16. The highest BCUT2D eigenvalue weighted by Crippen LogP contribution is 2.19. The molecule has 1 aromatic carbocycles. The largest absolute Gasteiger partial charge is 0.396 e. The molecule has 96 valence electrons. The van der Waals surface area contributed by atoms with Gasteiger partial charge >= 0.3 is 0 Å². The number of anilines is 2. The van der Waals surface area contributed by atoms with Crippen LogP contribution in [-0.4, -0.2) is 15.7 Å². The van der Waals surface area contributed by atoms with Gasteiger partial charge in [0.1, 0.15) is 17.4 Å². The maximum atomic E-state index is 13.4. The number of hydrogen-bond acceptors (Lipinski definition) is 4. The van der Waals surface area contributed by atoms with Crippen LogP contribution in [0.2, 0.25) is 0 Å². The molecule has 0 fully saturated rings. The minimum atomic E-state index is -0.700. The second kappa shape index (κ2) is 4.78. The van der Waals surface area contributed by atoms with Crippen molar-refractivity contribution in [3.8, 4) is 6.07 Å². The zero-order valence-corrected chi connectivity index (χ0v) is 10.0. The summed E-state index contributed by atoms with van der Waals surface area (Å²) in [4.78, 5) is 11.9. The van der Waals surface area contributed by atoms with Crippen molar-refractivity contribution >= 4 is 17.3 Å². The standard InChI is InChI=1S/C12H10FN5O/c1-18-6-9(15)11(17-18)12(19)16-10-4-2-3-8(13)7(10)5-14/h2-4,6H,15H2,1H3,(H,16,19). The monoisotopic (exact) mass is 259 g/mol. The normalized spacial score (nSPS) is 9.95. The molecule has 1 amide bonds. The highest BCUT2D eigenvalue weighted by Gasteiger charge is 2.16. The molecule has 0 aliphatic rings. The molecule has 0 saturated carbocycles. The molecule has 0 aliphatic heterocycles. The molecule has 3 N–H and O–H groups in total. The molecule has 2 aromatic rings. The summed E-state index contributed by atoms with van der Waals surface area (Å²) in [7, 11) is 1.62. The Morgan fingerprint density at radius 2 is 2.32 bits per heavy atom. The minimum absolute atomic E-state index is 0.0238. The smallest absolute Gasteiger partial charge is 0.278 e. The molecule has 1 heterocycles. The van der Waals surface area contributed by atoms with E-state index in [9.17, 15) is 9.18 Å². The van der Waals surface area contributed by atoms with E-state index >= 15 is 0 Å². The van der Waals surface area contributed by atoms with Gasteiger partial charge in [0.2, 0.25) is 0 Å². The quantitative estimate of drug-likeness (QED) is 0.848. The number of nitriles is 1. The predicted molar refractivity (Wildman–Crippen MR) is 66.7 cm³/mol. The van der Waals surface area contributed by atoms with Gasteiger partial charge in [0.25, 0.3) is 5.91 Å². The van der Waals surface area contributed by atoms with Crippen molar-refractivity contribution in [3.63, 3.8) is 0 Å². The summed E-state index contributed by atoms with van der Waals surface area (Å²) in [6.45, 7) is 0. The van der Waals surface area contributed by atoms with Gasteiger partial charge in [0.05, 0.1) is 11.4 Å². The van der Waals surface area contributed by atoms with Crippen molar-refractivity contribution in [3.05, 3.63) is 41.5 Å². The third kappa shape index (κ3) is 2.37. The highest BCUT2D eigenvalue weighted by atomic mass is 19.1. The van der Waals surface area contributed by atoms with Crippen molar-refractivity contribution in [2.75, 3.05) is 11.1 Å². The Bertz CT molecular complexity index is 686. The van der Waals surface area contributed by atoms with E-state index in [0.29, 0.717) is 0 Å². The maximum Gasteiger partial charge on any atom is 0.278 e. The summed E-state index contributed by atoms with van der Waals surface area (Å²) >= 11 is 0. The minimum Gasteiger partial charge on any atom is -0.396 e. The van der Waals surface area contributed by atoms with Crippen LogP contribution in [0.25, 0.3) is 0 Å². The van der Waals surface area contributed by atoms with Gasteiger partial charge in [-0.3, -0.25) is 9.48 Å². The van der Waals surface area contributed by atoms with Crippen LogP contribution in [0, 0.1) is 17.1 Å². The lowest BCUT2D eigenvalue weighted by atomic mass is 10.2. The predicted octanol–water partition coefficient (Wildman–Crippen LogP) is 1.27. The second-order valence-electron chi connectivity index (χ2n) is 3.84. The van der Waals surface area contributed by atoms with Crippen LogP contribution < -0.4 is 11.1 Å². The molecule has 7 heteroatoms. The van der Waals surface area contributed by atoms with E-state index in [1.54, 1.807) is 13.1 Å². The Hall–Kier alpha value is -2.88.